The fourth-order valence-corrected chi connectivity index (χ4v) is 1.61. The van der Waals surface area contributed by atoms with Gasteiger partial charge in [-0.3, -0.25) is 0 Å². The van der Waals surface area contributed by atoms with Gasteiger partial charge in [-0.1, -0.05) is 27.7 Å². The topological polar surface area (TPSA) is 46.2 Å². The predicted molar refractivity (Wildman–Crippen MR) is 48.2 cm³/mol. The van der Waals surface area contributed by atoms with Crippen LogP contribution in [0.2, 0.25) is 0 Å². The number of aliphatic hydroxyl groups is 1. The largest absolute Gasteiger partial charge is 0.396 e. The molecule has 1 unspecified atom stereocenters. The number of hydrogen-bond acceptors (Lipinski definition) is 2. The third-order valence-electron chi connectivity index (χ3n) is 2.47. The van der Waals surface area contributed by atoms with Crippen molar-refractivity contribution in [2.45, 2.75) is 27.7 Å². The van der Waals surface area contributed by atoms with E-state index in [9.17, 15) is 0 Å². The van der Waals surface area contributed by atoms with Crippen molar-refractivity contribution in [3.63, 3.8) is 0 Å². The lowest BCUT2D eigenvalue weighted by molar-refractivity contribution is 0.0743. The Bertz CT molecular complexity index is 110. The molecule has 11 heavy (non-hydrogen) atoms. The second-order valence-electron chi connectivity index (χ2n) is 4.23. The van der Waals surface area contributed by atoms with Gasteiger partial charge < -0.3 is 10.8 Å². The first-order valence-electron chi connectivity index (χ1n) is 4.26. The average molecular weight is 159 g/mol. The number of nitrogens with two attached hydrogens (primary N) is 1. The fraction of sp³-hybridized carbons (Fsp3) is 1.00. The maximum absolute atomic E-state index is 9.09. The SMILES string of the molecule is CC(C)C(CN)C(C)(C)CO. The van der Waals surface area contributed by atoms with Gasteiger partial charge in [-0.25, -0.2) is 0 Å². The molecule has 0 radical (unpaired) electrons. The van der Waals surface area contributed by atoms with Crippen LogP contribution in [0.5, 0.6) is 0 Å². The van der Waals surface area contributed by atoms with Crippen LogP contribution in [0.4, 0.5) is 0 Å². The second kappa shape index (κ2) is 4.07. The fourth-order valence-electron chi connectivity index (χ4n) is 1.61. The molecule has 0 aliphatic heterocycles. The summed E-state index contributed by atoms with van der Waals surface area (Å²) in [6, 6.07) is 0. The summed E-state index contributed by atoms with van der Waals surface area (Å²) in [4.78, 5) is 0. The monoisotopic (exact) mass is 159 g/mol. The minimum absolute atomic E-state index is 0.0388. The van der Waals surface area contributed by atoms with Crippen molar-refractivity contribution in [2.75, 3.05) is 13.2 Å². The van der Waals surface area contributed by atoms with Crippen LogP contribution in [0.25, 0.3) is 0 Å². The highest BCUT2D eigenvalue weighted by atomic mass is 16.3. The molecule has 0 fully saturated rings. The van der Waals surface area contributed by atoms with Crippen LogP contribution < -0.4 is 5.73 Å². The third kappa shape index (κ3) is 2.80. The Hall–Kier alpha value is -0.0800. The molecule has 0 bridgehead atoms. The molecular formula is C9H21NO. The van der Waals surface area contributed by atoms with Crippen LogP contribution in [-0.4, -0.2) is 18.3 Å². The van der Waals surface area contributed by atoms with Crippen LogP contribution >= 0.6 is 0 Å². The molecule has 0 amide bonds. The van der Waals surface area contributed by atoms with E-state index in [1.165, 1.54) is 0 Å². The van der Waals surface area contributed by atoms with E-state index < -0.39 is 0 Å². The molecule has 68 valence electrons. The molecule has 0 spiro atoms. The molecule has 0 saturated heterocycles. The lowest BCUT2D eigenvalue weighted by Crippen LogP contribution is -2.37. The highest BCUT2D eigenvalue weighted by Crippen LogP contribution is 2.30. The van der Waals surface area contributed by atoms with Crippen LogP contribution in [0, 0.1) is 17.3 Å². The zero-order valence-corrected chi connectivity index (χ0v) is 8.09. The molecular weight excluding hydrogens is 138 g/mol. The smallest absolute Gasteiger partial charge is 0.0485 e. The zero-order chi connectivity index (χ0) is 9.07. The summed E-state index contributed by atoms with van der Waals surface area (Å²) >= 11 is 0. The Labute approximate surface area is 69.8 Å². The molecule has 0 aromatic rings. The molecule has 0 rings (SSSR count). The van der Waals surface area contributed by atoms with Crippen molar-refractivity contribution >= 4 is 0 Å². The first kappa shape index (κ1) is 10.9. The molecule has 0 aliphatic rings. The van der Waals surface area contributed by atoms with Gasteiger partial charge in [-0.2, -0.15) is 0 Å². The first-order chi connectivity index (χ1) is 4.95. The second-order valence-corrected chi connectivity index (χ2v) is 4.23. The Morgan fingerprint density at radius 1 is 1.36 bits per heavy atom. The van der Waals surface area contributed by atoms with Gasteiger partial charge in [0.05, 0.1) is 0 Å². The van der Waals surface area contributed by atoms with E-state index in [1.54, 1.807) is 0 Å². The number of rotatable bonds is 4. The molecule has 2 heteroatoms. The molecule has 0 aliphatic carbocycles. The lowest BCUT2D eigenvalue weighted by Gasteiger charge is -2.34. The van der Waals surface area contributed by atoms with E-state index in [2.05, 4.69) is 27.7 Å². The predicted octanol–water partition coefficient (Wildman–Crippen LogP) is 1.24. The Balaban J connectivity index is 4.23. The Morgan fingerprint density at radius 3 is 1.91 bits per heavy atom. The molecule has 2 nitrogen and oxygen atoms in total. The zero-order valence-electron chi connectivity index (χ0n) is 8.09. The summed E-state index contributed by atoms with van der Waals surface area (Å²) in [5.41, 5.74) is 5.59. The van der Waals surface area contributed by atoms with E-state index in [1.807, 2.05) is 0 Å². The van der Waals surface area contributed by atoms with Gasteiger partial charge in [0.1, 0.15) is 0 Å². The molecule has 0 saturated carbocycles. The Morgan fingerprint density at radius 2 is 1.82 bits per heavy atom. The minimum atomic E-state index is -0.0388. The van der Waals surface area contributed by atoms with Crippen molar-refractivity contribution in [1.82, 2.24) is 0 Å². The van der Waals surface area contributed by atoms with E-state index in [-0.39, 0.29) is 12.0 Å². The van der Waals surface area contributed by atoms with Gasteiger partial charge in [0.25, 0.3) is 0 Å². The van der Waals surface area contributed by atoms with Gasteiger partial charge >= 0.3 is 0 Å². The van der Waals surface area contributed by atoms with Gasteiger partial charge in [0.2, 0.25) is 0 Å². The van der Waals surface area contributed by atoms with E-state index in [0.29, 0.717) is 18.4 Å². The summed E-state index contributed by atoms with van der Waals surface area (Å²) in [6.07, 6.45) is 0. The summed E-state index contributed by atoms with van der Waals surface area (Å²) in [6.45, 7) is 9.29. The van der Waals surface area contributed by atoms with Crippen LogP contribution in [-0.2, 0) is 0 Å². The van der Waals surface area contributed by atoms with E-state index in [0.717, 1.165) is 0 Å². The quantitative estimate of drug-likeness (QED) is 0.648. The third-order valence-corrected chi connectivity index (χ3v) is 2.47. The highest BCUT2D eigenvalue weighted by molar-refractivity contribution is 4.80. The number of aliphatic hydroxyl groups excluding tert-OH is 1. The highest BCUT2D eigenvalue weighted by Gasteiger charge is 2.29. The molecule has 1 atom stereocenters. The normalized spacial score (nSPS) is 15.5. The molecule has 0 aromatic carbocycles. The standard InChI is InChI=1S/C9H21NO/c1-7(2)8(5-10)9(3,4)6-11/h7-8,11H,5-6,10H2,1-4H3. The van der Waals surface area contributed by atoms with Gasteiger partial charge in [-0.05, 0) is 23.8 Å². The summed E-state index contributed by atoms with van der Waals surface area (Å²) in [5.74, 6) is 0.953. The van der Waals surface area contributed by atoms with Crippen molar-refractivity contribution in [3.8, 4) is 0 Å². The van der Waals surface area contributed by atoms with Crippen molar-refractivity contribution in [2.24, 2.45) is 23.0 Å². The van der Waals surface area contributed by atoms with Gasteiger partial charge in [0, 0.05) is 6.61 Å². The van der Waals surface area contributed by atoms with Crippen LogP contribution in [0.3, 0.4) is 0 Å². The van der Waals surface area contributed by atoms with Crippen LogP contribution in [0.1, 0.15) is 27.7 Å². The molecule has 0 heterocycles. The summed E-state index contributed by atoms with van der Waals surface area (Å²) in [5, 5.41) is 9.09. The minimum Gasteiger partial charge on any atom is -0.396 e. The van der Waals surface area contributed by atoms with E-state index in [4.69, 9.17) is 10.8 Å². The molecule has 3 N–H and O–H groups in total. The van der Waals surface area contributed by atoms with Crippen LogP contribution in [0.15, 0.2) is 0 Å². The number of hydrogen-bond donors (Lipinski definition) is 2. The summed E-state index contributed by atoms with van der Waals surface area (Å²) in [7, 11) is 0. The maximum Gasteiger partial charge on any atom is 0.0485 e. The average Bonchev–Trinajstić information content (AvgIpc) is 1.88. The lowest BCUT2D eigenvalue weighted by atomic mass is 9.73. The van der Waals surface area contributed by atoms with E-state index >= 15 is 0 Å². The van der Waals surface area contributed by atoms with Gasteiger partial charge in [0.15, 0.2) is 0 Å². The Kier molecular flexibility index (Phi) is 4.04. The summed E-state index contributed by atoms with van der Waals surface area (Å²) < 4.78 is 0. The first-order valence-corrected chi connectivity index (χ1v) is 4.26. The maximum atomic E-state index is 9.09. The van der Waals surface area contributed by atoms with Gasteiger partial charge in [-0.15, -0.1) is 0 Å². The van der Waals surface area contributed by atoms with Crippen molar-refractivity contribution in [3.05, 3.63) is 0 Å². The molecule has 0 aromatic heterocycles. The van der Waals surface area contributed by atoms with Crippen molar-refractivity contribution < 1.29 is 5.11 Å². The van der Waals surface area contributed by atoms with Crippen molar-refractivity contribution in [1.29, 1.82) is 0 Å².